The van der Waals surface area contributed by atoms with Crippen LogP contribution in [0, 0.1) is 5.92 Å². The van der Waals surface area contributed by atoms with Gasteiger partial charge in [0.05, 0.1) is 0 Å². The molecule has 0 saturated carbocycles. The molecule has 0 aliphatic heterocycles. The molecule has 0 aliphatic carbocycles. The zero-order valence-corrected chi connectivity index (χ0v) is 11.8. The fraction of sp³-hybridized carbons (Fsp3) is 0.500. The number of nitrogens with one attached hydrogen (secondary N) is 2. The van der Waals surface area contributed by atoms with Crippen LogP contribution in [0.1, 0.15) is 26.7 Å². The summed E-state index contributed by atoms with van der Waals surface area (Å²) in [7, 11) is 0. The number of anilines is 1. The summed E-state index contributed by atoms with van der Waals surface area (Å²) in [6.07, 6.45) is 1.51. The molecule has 0 fully saturated rings. The highest BCUT2D eigenvalue weighted by atomic mass is 35.5. The van der Waals surface area contributed by atoms with Crippen molar-refractivity contribution in [1.29, 1.82) is 0 Å². The molecular weight excluding hydrogens is 248 g/mol. The van der Waals surface area contributed by atoms with Crippen molar-refractivity contribution >= 4 is 23.2 Å². The Kier molecular flexibility index (Phi) is 6.58. The van der Waals surface area contributed by atoms with Gasteiger partial charge in [0.2, 0.25) is 5.91 Å². The van der Waals surface area contributed by atoms with E-state index in [0.717, 1.165) is 18.7 Å². The molecule has 0 aliphatic rings. The van der Waals surface area contributed by atoms with E-state index >= 15 is 0 Å². The van der Waals surface area contributed by atoms with Crippen LogP contribution in [0.15, 0.2) is 24.3 Å². The maximum Gasteiger partial charge on any atom is 0.221 e. The van der Waals surface area contributed by atoms with Crippen molar-refractivity contribution in [3.63, 3.8) is 0 Å². The van der Waals surface area contributed by atoms with Crippen LogP contribution in [0.3, 0.4) is 0 Å². The van der Waals surface area contributed by atoms with Crippen molar-refractivity contribution in [2.24, 2.45) is 5.92 Å². The van der Waals surface area contributed by atoms with Gasteiger partial charge in [-0.25, -0.2) is 0 Å². The van der Waals surface area contributed by atoms with Crippen LogP contribution < -0.4 is 10.6 Å². The summed E-state index contributed by atoms with van der Waals surface area (Å²) in [6.45, 7) is 5.69. The summed E-state index contributed by atoms with van der Waals surface area (Å²) in [5.41, 5.74) is 0.981. The lowest BCUT2D eigenvalue weighted by atomic mass is 10.1. The number of benzene rings is 1. The lowest BCUT2D eigenvalue weighted by molar-refractivity contribution is -0.120. The third kappa shape index (κ3) is 6.50. The minimum atomic E-state index is 0.0945. The molecule has 0 unspecified atom stereocenters. The molecule has 2 N–H and O–H groups in total. The smallest absolute Gasteiger partial charge is 0.221 e. The molecule has 1 amide bonds. The predicted octanol–water partition coefficient (Wildman–Crippen LogP) is 3.30. The van der Waals surface area contributed by atoms with Gasteiger partial charge in [-0.05, 0) is 36.6 Å². The first kappa shape index (κ1) is 14.8. The number of hydrogen-bond acceptors (Lipinski definition) is 2. The first-order chi connectivity index (χ1) is 8.58. The maximum absolute atomic E-state index is 11.5. The Hall–Kier alpha value is -1.22. The second-order valence-corrected chi connectivity index (χ2v) is 5.15. The number of hydrogen-bond donors (Lipinski definition) is 2. The van der Waals surface area contributed by atoms with Gasteiger partial charge in [-0.1, -0.05) is 25.4 Å². The van der Waals surface area contributed by atoms with Crippen LogP contribution in [0.2, 0.25) is 5.02 Å². The van der Waals surface area contributed by atoms with E-state index in [1.54, 1.807) is 0 Å². The average Bonchev–Trinajstić information content (AvgIpc) is 2.31. The van der Waals surface area contributed by atoms with Gasteiger partial charge < -0.3 is 10.6 Å². The molecule has 4 heteroatoms. The molecule has 0 spiro atoms. The summed E-state index contributed by atoms with van der Waals surface area (Å²) in [5.74, 6) is 0.717. The van der Waals surface area contributed by atoms with E-state index < -0.39 is 0 Å². The molecule has 0 bridgehead atoms. The van der Waals surface area contributed by atoms with Gasteiger partial charge in [-0.15, -0.1) is 0 Å². The van der Waals surface area contributed by atoms with Gasteiger partial charge in [0.25, 0.3) is 0 Å². The molecule has 3 nitrogen and oxygen atoms in total. The summed E-state index contributed by atoms with van der Waals surface area (Å²) in [6, 6.07) is 7.46. The van der Waals surface area contributed by atoms with Crippen molar-refractivity contribution in [3.05, 3.63) is 29.3 Å². The van der Waals surface area contributed by atoms with E-state index in [1.807, 2.05) is 24.3 Å². The minimum Gasteiger partial charge on any atom is -0.385 e. The van der Waals surface area contributed by atoms with Gasteiger partial charge in [-0.3, -0.25) is 4.79 Å². The topological polar surface area (TPSA) is 41.1 Å². The molecule has 0 radical (unpaired) electrons. The fourth-order valence-corrected chi connectivity index (χ4v) is 1.60. The molecule has 1 aromatic rings. The van der Waals surface area contributed by atoms with Crippen molar-refractivity contribution in [2.45, 2.75) is 26.7 Å². The lowest BCUT2D eigenvalue weighted by Crippen LogP contribution is -2.27. The first-order valence-corrected chi connectivity index (χ1v) is 6.72. The predicted molar refractivity (Wildman–Crippen MR) is 77.0 cm³/mol. The number of carbonyl (C=O) groups is 1. The van der Waals surface area contributed by atoms with E-state index in [0.29, 0.717) is 23.9 Å². The molecule has 1 aromatic carbocycles. The summed E-state index contributed by atoms with van der Waals surface area (Å²) < 4.78 is 0. The van der Waals surface area contributed by atoms with Crippen LogP contribution >= 0.6 is 11.6 Å². The lowest BCUT2D eigenvalue weighted by Gasteiger charge is -2.08. The molecular formula is C14H21ClN2O. The van der Waals surface area contributed by atoms with Crippen LogP contribution in [-0.2, 0) is 4.79 Å². The zero-order chi connectivity index (χ0) is 13.4. The van der Waals surface area contributed by atoms with E-state index in [4.69, 9.17) is 11.6 Å². The summed E-state index contributed by atoms with van der Waals surface area (Å²) in [5, 5.41) is 6.81. The Morgan fingerprint density at radius 2 is 1.89 bits per heavy atom. The first-order valence-electron chi connectivity index (χ1n) is 6.34. The van der Waals surface area contributed by atoms with Crippen molar-refractivity contribution in [3.8, 4) is 0 Å². The molecule has 0 heterocycles. The van der Waals surface area contributed by atoms with Crippen LogP contribution in [0.25, 0.3) is 0 Å². The second-order valence-electron chi connectivity index (χ2n) is 4.72. The SMILES string of the molecule is CC(C)CCNC(=O)CCNc1ccc(Cl)cc1. The van der Waals surface area contributed by atoms with E-state index in [2.05, 4.69) is 24.5 Å². The highest BCUT2D eigenvalue weighted by molar-refractivity contribution is 6.30. The van der Waals surface area contributed by atoms with E-state index in [1.165, 1.54) is 0 Å². The Morgan fingerprint density at radius 1 is 1.22 bits per heavy atom. The molecule has 100 valence electrons. The number of amides is 1. The van der Waals surface area contributed by atoms with Crippen molar-refractivity contribution < 1.29 is 4.79 Å². The summed E-state index contributed by atoms with van der Waals surface area (Å²) in [4.78, 5) is 11.5. The number of rotatable bonds is 7. The fourth-order valence-electron chi connectivity index (χ4n) is 1.48. The monoisotopic (exact) mass is 268 g/mol. The van der Waals surface area contributed by atoms with Crippen LogP contribution in [0.5, 0.6) is 0 Å². The highest BCUT2D eigenvalue weighted by Gasteiger charge is 2.01. The zero-order valence-electron chi connectivity index (χ0n) is 11.0. The third-order valence-corrected chi connectivity index (χ3v) is 2.82. The van der Waals surface area contributed by atoms with Crippen LogP contribution in [-0.4, -0.2) is 19.0 Å². The van der Waals surface area contributed by atoms with E-state index in [9.17, 15) is 4.79 Å². The van der Waals surface area contributed by atoms with Gasteiger partial charge in [0.15, 0.2) is 0 Å². The molecule has 0 atom stereocenters. The molecule has 1 rings (SSSR count). The van der Waals surface area contributed by atoms with Crippen molar-refractivity contribution in [2.75, 3.05) is 18.4 Å². The minimum absolute atomic E-state index is 0.0945. The van der Waals surface area contributed by atoms with Gasteiger partial charge in [-0.2, -0.15) is 0 Å². The number of halogens is 1. The Balaban J connectivity index is 2.13. The highest BCUT2D eigenvalue weighted by Crippen LogP contribution is 2.13. The molecule has 18 heavy (non-hydrogen) atoms. The second kappa shape index (κ2) is 7.98. The van der Waals surface area contributed by atoms with Gasteiger partial charge in [0, 0.05) is 30.2 Å². The Morgan fingerprint density at radius 3 is 2.50 bits per heavy atom. The quantitative estimate of drug-likeness (QED) is 0.797. The van der Waals surface area contributed by atoms with Gasteiger partial charge in [0.1, 0.15) is 0 Å². The number of carbonyl (C=O) groups excluding carboxylic acids is 1. The molecule has 0 aromatic heterocycles. The standard InChI is InChI=1S/C14H21ClN2O/c1-11(2)7-9-17-14(18)8-10-16-13-5-3-12(15)4-6-13/h3-6,11,16H,7-10H2,1-2H3,(H,17,18). The maximum atomic E-state index is 11.5. The van der Waals surface area contributed by atoms with E-state index in [-0.39, 0.29) is 5.91 Å². The third-order valence-electron chi connectivity index (χ3n) is 2.57. The Bertz CT molecular complexity index is 363. The van der Waals surface area contributed by atoms with Crippen molar-refractivity contribution in [1.82, 2.24) is 5.32 Å². The normalized spacial score (nSPS) is 10.4. The Labute approximate surface area is 114 Å². The average molecular weight is 269 g/mol. The van der Waals surface area contributed by atoms with Crippen LogP contribution in [0.4, 0.5) is 5.69 Å². The van der Waals surface area contributed by atoms with Gasteiger partial charge >= 0.3 is 0 Å². The molecule has 0 saturated heterocycles. The summed E-state index contributed by atoms with van der Waals surface area (Å²) >= 11 is 5.79. The largest absolute Gasteiger partial charge is 0.385 e.